The molecule has 13 nitrogen and oxygen atoms in total. The van der Waals surface area contributed by atoms with E-state index in [1.54, 1.807) is 12.5 Å². The van der Waals surface area contributed by atoms with Gasteiger partial charge in [-0.25, -0.2) is 4.98 Å². The van der Waals surface area contributed by atoms with Gasteiger partial charge in [0, 0.05) is 50.3 Å². The molecule has 0 aliphatic heterocycles. The number of aromatic nitrogens is 5. The standard InChI is InChI=1S/C26H40N10O3/c1-20(2)31-25-33-24(30-9-3-12-36-13-10-28-19-36)34-26(35-25)32-22-6-4-21(5-7-22)18-23(37)29-11-15-39-17-16-38-14-8-27/h4-7,10,13,19-20H,3,8-9,11-12,14-18,27H2,1-2H3,(H,29,37)(H3,30,31,32,33,34,35). The lowest BCUT2D eigenvalue weighted by Crippen LogP contribution is -2.29. The van der Waals surface area contributed by atoms with E-state index < -0.39 is 0 Å². The molecule has 0 aliphatic carbocycles. The Morgan fingerprint density at radius 1 is 0.974 bits per heavy atom. The number of carbonyl (C=O) groups is 1. The fourth-order valence-corrected chi connectivity index (χ4v) is 3.47. The Balaban J connectivity index is 1.46. The number of carbonyl (C=O) groups excluding carboxylic acids is 1. The second kappa shape index (κ2) is 16.9. The second-order valence-corrected chi connectivity index (χ2v) is 9.05. The highest BCUT2D eigenvalue weighted by Crippen LogP contribution is 2.17. The van der Waals surface area contributed by atoms with Gasteiger partial charge in [-0.05, 0) is 38.0 Å². The van der Waals surface area contributed by atoms with Gasteiger partial charge in [0.25, 0.3) is 0 Å². The van der Waals surface area contributed by atoms with Crippen molar-refractivity contribution in [2.45, 2.75) is 39.3 Å². The molecule has 0 spiro atoms. The number of hydrogen-bond acceptors (Lipinski definition) is 11. The van der Waals surface area contributed by atoms with Crippen molar-refractivity contribution in [2.75, 3.05) is 62.0 Å². The van der Waals surface area contributed by atoms with Crippen molar-refractivity contribution in [1.29, 1.82) is 0 Å². The minimum Gasteiger partial charge on any atom is -0.378 e. The van der Waals surface area contributed by atoms with E-state index >= 15 is 0 Å². The molecule has 0 saturated carbocycles. The van der Waals surface area contributed by atoms with Gasteiger partial charge in [-0.15, -0.1) is 0 Å². The molecular formula is C26H40N10O3. The lowest BCUT2D eigenvalue weighted by molar-refractivity contribution is -0.120. The SMILES string of the molecule is CC(C)Nc1nc(NCCCn2ccnc2)nc(Nc2ccc(CC(=O)NCCOCCOCCN)cc2)n1. The minimum absolute atomic E-state index is 0.0654. The van der Waals surface area contributed by atoms with Crippen molar-refractivity contribution >= 4 is 29.4 Å². The fourth-order valence-electron chi connectivity index (χ4n) is 3.47. The Kier molecular flexibility index (Phi) is 12.9. The summed E-state index contributed by atoms with van der Waals surface area (Å²) < 4.78 is 12.7. The van der Waals surface area contributed by atoms with E-state index in [0.717, 1.165) is 24.2 Å². The Bertz CT molecular complexity index is 1090. The van der Waals surface area contributed by atoms with E-state index in [-0.39, 0.29) is 18.4 Å². The van der Waals surface area contributed by atoms with Crippen molar-refractivity contribution in [2.24, 2.45) is 5.73 Å². The molecule has 0 bridgehead atoms. The van der Waals surface area contributed by atoms with E-state index in [9.17, 15) is 4.79 Å². The quantitative estimate of drug-likeness (QED) is 0.141. The predicted molar refractivity (Wildman–Crippen MR) is 151 cm³/mol. The molecule has 0 atom stereocenters. The van der Waals surface area contributed by atoms with Crippen LogP contribution < -0.4 is 27.0 Å². The molecule has 39 heavy (non-hydrogen) atoms. The normalized spacial score (nSPS) is 11.0. The van der Waals surface area contributed by atoms with Gasteiger partial charge in [-0.1, -0.05) is 12.1 Å². The number of nitrogens with one attached hydrogen (secondary N) is 4. The topological polar surface area (TPSA) is 166 Å². The molecule has 1 amide bonds. The molecular weight excluding hydrogens is 500 g/mol. The molecule has 0 unspecified atom stereocenters. The first kappa shape index (κ1) is 29.7. The van der Waals surface area contributed by atoms with Crippen LogP contribution in [0.5, 0.6) is 0 Å². The molecule has 212 valence electrons. The largest absolute Gasteiger partial charge is 0.378 e. The number of nitrogens with zero attached hydrogens (tertiary/aromatic N) is 5. The predicted octanol–water partition coefficient (Wildman–Crippen LogP) is 1.78. The van der Waals surface area contributed by atoms with Gasteiger partial charge < -0.3 is 41.0 Å². The highest BCUT2D eigenvalue weighted by molar-refractivity contribution is 5.78. The first-order valence-corrected chi connectivity index (χ1v) is 13.2. The fraction of sp³-hybridized carbons (Fsp3) is 0.500. The number of imidazole rings is 1. The number of rotatable bonds is 19. The Morgan fingerprint density at radius 3 is 2.44 bits per heavy atom. The number of benzene rings is 1. The van der Waals surface area contributed by atoms with Crippen molar-refractivity contribution in [3.8, 4) is 0 Å². The summed E-state index contributed by atoms with van der Waals surface area (Å²) in [6.45, 7) is 8.47. The summed E-state index contributed by atoms with van der Waals surface area (Å²) in [5.74, 6) is 1.33. The molecule has 2 aromatic heterocycles. The van der Waals surface area contributed by atoms with Crippen LogP contribution in [0.4, 0.5) is 23.5 Å². The lowest BCUT2D eigenvalue weighted by Gasteiger charge is -2.13. The van der Waals surface area contributed by atoms with E-state index in [1.807, 2.05) is 48.9 Å². The summed E-state index contributed by atoms with van der Waals surface area (Å²) in [4.78, 5) is 29.8. The van der Waals surface area contributed by atoms with Crippen LogP contribution in [0.15, 0.2) is 43.0 Å². The molecule has 3 aromatic rings. The van der Waals surface area contributed by atoms with Crippen LogP contribution in [-0.2, 0) is 27.2 Å². The number of aryl methyl sites for hydroxylation is 1. The number of anilines is 4. The highest BCUT2D eigenvalue weighted by atomic mass is 16.5. The van der Waals surface area contributed by atoms with E-state index in [1.165, 1.54) is 0 Å². The van der Waals surface area contributed by atoms with Gasteiger partial charge in [-0.3, -0.25) is 4.79 Å². The van der Waals surface area contributed by atoms with Gasteiger partial charge in [0.1, 0.15) is 0 Å². The van der Waals surface area contributed by atoms with Crippen molar-refractivity contribution in [3.63, 3.8) is 0 Å². The molecule has 6 N–H and O–H groups in total. The molecule has 3 rings (SSSR count). The summed E-state index contributed by atoms with van der Waals surface area (Å²) in [6, 6.07) is 7.75. The van der Waals surface area contributed by atoms with Gasteiger partial charge in [0.2, 0.25) is 23.8 Å². The van der Waals surface area contributed by atoms with Crippen molar-refractivity contribution in [1.82, 2.24) is 29.8 Å². The summed E-state index contributed by atoms with van der Waals surface area (Å²) in [7, 11) is 0. The second-order valence-electron chi connectivity index (χ2n) is 9.05. The maximum absolute atomic E-state index is 12.2. The maximum atomic E-state index is 12.2. The van der Waals surface area contributed by atoms with Gasteiger partial charge in [-0.2, -0.15) is 15.0 Å². The number of amides is 1. The van der Waals surface area contributed by atoms with Gasteiger partial charge in [0.05, 0.1) is 39.2 Å². The van der Waals surface area contributed by atoms with Gasteiger partial charge in [0.15, 0.2) is 0 Å². The monoisotopic (exact) mass is 540 g/mol. The minimum atomic E-state index is -0.0654. The molecule has 1 aromatic carbocycles. The smallest absolute Gasteiger partial charge is 0.233 e. The highest BCUT2D eigenvalue weighted by Gasteiger charge is 2.09. The molecule has 13 heteroatoms. The summed E-state index contributed by atoms with van der Waals surface area (Å²) in [5, 5.41) is 12.6. The third-order valence-electron chi connectivity index (χ3n) is 5.27. The van der Waals surface area contributed by atoms with Crippen LogP contribution in [0.2, 0.25) is 0 Å². The summed E-state index contributed by atoms with van der Waals surface area (Å²) in [5.41, 5.74) is 7.05. The average Bonchev–Trinajstić information content (AvgIpc) is 3.43. The van der Waals surface area contributed by atoms with Crippen LogP contribution >= 0.6 is 0 Å². The van der Waals surface area contributed by atoms with Crippen LogP contribution in [0.1, 0.15) is 25.8 Å². The van der Waals surface area contributed by atoms with E-state index in [0.29, 0.717) is 63.9 Å². The van der Waals surface area contributed by atoms with Crippen molar-refractivity contribution < 1.29 is 14.3 Å². The van der Waals surface area contributed by atoms with E-state index in [2.05, 4.69) is 41.2 Å². The number of hydrogen-bond donors (Lipinski definition) is 5. The van der Waals surface area contributed by atoms with Crippen LogP contribution in [0.3, 0.4) is 0 Å². The zero-order valence-electron chi connectivity index (χ0n) is 22.7. The van der Waals surface area contributed by atoms with Crippen LogP contribution in [-0.4, -0.2) is 82.5 Å². The van der Waals surface area contributed by atoms with Crippen molar-refractivity contribution in [3.05, 3.63) is 48.5 Å². The lowest BCUT2D eigenvalue weighted by atomic mass is 10.1. The Morgan fingerprint density at radius 2 is 1.72 bits per heavy atom. The third kappa shape index (κ3) is 12.1. The zero-order chi connectivity index (χ0) is 27.7. The first-order valence-electron chi connectivity index (χ1n) is 13.2. The Labute approximate surface area is 229 Å². The number of ether oxygens (including phenoxy) is 2. The maximum Gasteiger partial charge on any atom is 0.233 e. The molecule has 0 saturated heterocycles. The molecule has 0 fully saturated rings. The van der Waals surface area contributed by atoms with Crippen LogP contribution in [0, 0.1) is 0 Å². The van der Waals surface area contributed by atoms with E-state index in [4.69, 9.17) is 15.2 Å². The van der Waals surface area contributed by atoms with Crippen LogP contribution in [0.25, 0.3) is 0 Å². The molecule has 0 radical (unpaired) electrons. The average molecular weight is 541 g/mol. The molecule has 0 aliphatic rings. The Hall–Kier alpha value is -3.81. The summed E-state index contributed by atoms with van der Waals surface area (Å²) >= 11 is 0. The number of nitrogens with two attached hydrogens (primary N) is 1. The summed E-state index contributed by atoms with van der Waals surface area (Å²) in [6.07, 6.45) is 6.68. The van der Waals surface area contributed by atoms with Gasteiger partial charge >= 0.3 is 0 Å². The first-order chi connectivity index (χ1) is 19.0. The third-order valence-corrected chi connectivity index (χ3v) is 5.27. The molecule has 2 heterocycles. The zero-order valence-corrected chi connectivity index (χ0v) is 22.7.